The molecule has 2 N–H and O–H groups in total. The summed E-state index contributed by atoms with van der Waals surface area (Å²) in [6.45, 7) is 7.16. The molecule has 0 aromatic heterocycles. The summed E-state index contributed by atoms with van der Waals surface area (Å²) < 4.78 is 5.35. The average Bonchev–Trinajstić information content (AvgIpc) is 2.27. The van der Waals surface area contributed by atoms with Crippen LogP contribution < -0.4 is 10.5 Å². The Morgan fingerprint density at radius 3 is 2.40 bits per heavy atom. The Balaban J connectivity index is 3.13. The normalized spacial score (nSPS) is 12.9. The smallest absolute Gasteiger partial charge is 0.122 e. The maximum atomic E-state index is 5.70. The van der Waals surface area contributed by atoms with E-state index in [1.54, 1.807) is 7.11 Å². The lowest BCUT2D eigenvalue weighted by Gasteiger charge is -2.16. The first kappa shape index (κ1) is 12.1. The summed E-state index contributed by atoms with van der Waals surface area (Å²) in [6.07, 6.45) is 0. The number of benzene rings is 1. The molecule has 0 aliphatic carbocycles. The van der Waals surface area contributed by atoms with Gasteiger partial charge in [0.25, 0.3) is 0 Å². The van der Waals surface area contributed by atoms with Gasteiger partial charge < -0.3 is 10.5 Å². The van der Waals surface area contributed by atoms with Gasteiger partial charge in [0.2, 0.25) is 0 Å². The molecule has 0 saturated carbocycles. The minimum atomic E-state index is 0.346. The van der Waals surface area contributed by atoms with Crippen molar-refractivity contribution in [2.45, 2.75) is 32.6 Å². The maximum absolute atomic E-state index is 5.70. The van der Waals surface area contributed by atoms with Crippen molar-refractivity contribution in [3.05, 3.63) is 29.3 Å². The Hall–Kier alpha value is -1.02. The molecule has 0 heterocycles. The molecule has 0 bridgehead atoms. The van der Waals surface area contributed by atoms with E-state index < -0.39 is 0 Å². The van der Waals surface area contributed by atoms with Gasteiger partial charge in [-0.15, -0.1) is 0 Å². The van der Waals surface area contributed by atoms with Crippen LogP contribution in [0.15, 0.2) is 18.2 Å². The number of ether oxygens (including phenoxy) is 1. The van der Waals surface area contributed by atoms with Gasteiger partial charge >= 0.3 is 0 Å². The van der Waals surface area contributed by atoms with Crippen LogP contribution >= 0.6 is 0 Å². The molecular weight excluding hydrogens is 186 g/mol. The molecule has 0 amide bonds. The van der Waals surface area contributed by atoms with Gasteiger partial charge in [0.05, 0.1) is 7.11 Å². The SMILES string of the molecule is COc1ccc(C(C)C)cc1C(C)CN. The summed E-state index contributed by atoms with van der Waals surface area (Å²) >= 11 is 0. The Bertz CT molecular complexity index is 320. The molecule has 2 nitrogen and oxygen atoms in total. The number of rotatable bonds is 4. The monoisotopic (exact) mass is 207 g/mol. The van der Waals surface area contributed by atoms with Crippen LogP contribution in [0.4, 0.5) is 0 Å². The van der Waals surface area contributed by atoms with Gasteiger partial charge in [-0.05, 0) is 35.6 Å². The van der Waals surface area contributed by atoms with Gasteiger partial charge in [-0.3, -0.25) is 0 Å². The third kappa shape index (κ3) is 2.72. The van der Waals surface area contributed by atoms with E-state index in [0.29, 0.717) is 18.4 Å². The fourth-order valence-corrected chi connectivity index (χ4v) is 1.62. The van der Waals surface area contributed by atoms with Crippen LogP contribution in [-0.4, -0.2) is 13.7 Å². The summed E-state index contributed by atoms with van der Waals surface area (Å²) in [5.74, 6) is 1.83. The topological polar surface area (TPSA) is 35.2 Å². The van der Waals surface area contributed by atoms with E-state index in [1.807, 2.05) is 6.07 Å². The zero-order chi connectivity index (χ0) is 11.4. The molecule has 15 heavy (non-hydrogen) atoms. The Kier molecular flexibility index (Phi) is 4.15. The van der Waals surface area contributed by atoms with Crippen molar-refractivity contribution < 1.29 is 4.74 Å². The predicted molar refractivity (Wildman–Crippen MR) is 64.6 cm³/mol. The van der Waals surface area contributed by atoms with Gasteiger partial charge in [0.15, 0.2) is 0 Å². The summed E-state index contributed by atoms with van der Waals surface area (Å²) in [6, 6.07) is 6.37. The standard InChI is InChI=1S/C13H21NO/c1-9(2)11-5-6-13(15-4)12(7-11)10(3)8-14/h5-7,9-10H,8,14H2,1-4H3. The van der Waals surface area contributed by atoms with E-state index in [0.717, 1.165) is 5.75 Å². The van der Waals surface area contributed by atoms with E-state index >= 15 is 0 Å². The van der Waals surface area contributed by atoms with Crippen molar-refractivity contribution in [3.8, 4) is 5.75 Å². The van der Waals surface area contributed by atoms with E-state index in [4.69, 9.17) is 10.5 Å². The van der Waals surface area contributed by atoms with E-state index in [1.165, 1.54) is 11.1 Å². The van der Waals surface area contributed by atoms with Crippen molar-refractivity contribution >= 4 is 0 Å². The molecule has 0 fully saturated rings. The second kappa shape index (κ2) is 5.17. The van der Waals surface area contributed by atoms with E-state index in [-0.39, 0.29) is 0 Å². The first-order valence-corrected chi connectivity index (χ1v) is 5.48. The minimum absolute atomic E-state index is 0.346. The lowest BCUT2D eigenvalue weighted by atomic mass is 9.94. The van der Waals surface area contributed by atoms with Crippen LogP contribution in [0.25, 0.3) is 0 Å². The second-order valence-corrected chi connectivity index (χ2v) is 4.29. The molecule has 1 aromatic rings. The van der Waals surface area contributed by atoms with Crippen LogP contribution in [0.2, 0.25) is 0 Å². The maximum Gasteiger partial charge on any atom is 0.122 e. The molecular formula is C13H21NO. The fraction of sp³-hybridized carbons (Fsp3) is 0.538. The van der Waals surface area contributed by atoms with Crippen molar-refractivity contribution in [1.82, 2.24) is 0 Å². The summed E-state index contributed by atoms with van der Waals surface area (Å²) in [5, 5.41) is 0. The van der Waals surface area contributed by atoms with Crippen molar-refractivity contribution in [2.24, 2.45) is 5.73 Å². The van der Waals surface area contributed by atoms with Crippen molar-refractivity contribution in [2.75, 3.05) is 13.7 Å². The highest BCUT2D eigenvalue weighted by molar-refractivity contribution is 5.40. The molecule has 0 saturated heterocycles. The zero-order valence-corrected chi connectivity index (χ0v) is 10.1. The number of hydrogen-bond acceptors (Lipinski definition) is 2. The van der Waals surface area contributed by atoms with Crippen LogP contribution in [-0.2, 0) is 0 Å². The first-order chi connectivity index (χ1) is 7.10. The highest BCUT2D eigenvalue weighted by atomic mass is 16.5. The molecule has 2 heteroatoms. The molecule has 1 unspecified atom stereocenters. The van der Waals surface area contributed by atoms with E-state index in [2.05, 4.69) is 32.9 Å². The third-order valence-electron chi connectivity index (χ3n) is 2.80. The molecule has 0 radical (unpaired) electrons. The van der Waals surface area contributed by atoms with Crippen LogP contribution in [0, 0.1) is 0 Å². The zero-order valence-electron chi connectivity index (χ0n) is 10.1. The molecule has 1 rings (SSSR count). The van der Waals surface area contributed by atoms with Crippen LogP contribution in [0.1, 0.15) is 43.7 Å². The molecule has 1 atom stereocenters. The molecule has 0 aliphatic rings. The predicted octanol–water partition coefficient (Wildman–Crippen LogP) is 2.88. The van der Waals surface area contributed by atoms with Gasteiger partial charge in [0, 0.05) is 0 Å². The third-order valence-corrected chi connectivity index (χ3v) is 2.80. The van der Waals surface area contributed by atoms with Crippen molar-refractivity contribution in [3.63, 3.8) is 0 Å². The highest BCUT2D eigenvalue weighted by Gasteiger charge is 2.11. The van der Waals surface area contributed by atoms with Crippen LogP contribution in [0.3, 0.4) is 0 Å². The van der Waals surface area contributed by atoms with E-state index in [9.17, 15) is 0 Å². The lowest BCUT2D eigenvalue weighted by molar-refractivity contribution is 0.406. The number of methoxy groups -OCH3 is 1. The first-order valence-electron chi connectivity index (χ1n) is 5.48. The number of hydrogen-bond donors (Lipinski definition) is 1. The summed E-state index contributed by atoms with van der Waals surface area (Å²) in [5.41, 5.74) is 8.25. The largest absolute Gasteiger partial charge is 0.496 e. The summed E-state index contributed by atoms with van der Waals surface area (Å²) in [7, 11) is 1.71. The van der Waals surface area contributed by atoms with Crippen molar-refractivity contribution in [1.29, 1.82) is 0 Å². The molecule has 0 aliphatic heterocycles. The Labute approximate surface area is 92.4 Å². The molecule has 1 aromatic carbocycles. The lowest BCUT2D eigenvalue weighted by Crippen LogP contribution is -2.10. The van der Waals surface area contributed by atoms with Gasteiger partial charge in [-0.2, -0.15) is 0 Å². The quantitative estimate of drug-likeness (QED) is 0.824. The number of nitrogens with two attached hydrogens (primary N) is 1. The Morgan fingerprint density at radius 1 is 1.27 bits per heavy atom. The highest BCUT2D eigenvalue weighted by Crippen LogP contribution is 2.29. The molecule has 84 valence electrons. The average molecular weight is 207 g/mol. The van der Waals surface area contributed by atoms with Gasteiger partial charge in [0.1, 0.15) is 5.75 Å². The van der Waals surface area contributed by atoms with Gasteiger partial charge in [-0.25, -0.2) is 0 Å². The van der Waals surface area contributed by atoms with Gasteiger partial charge in [-0.1, -0.05) is 32.9 Å². The summed E-state index contributed by atoms with van der Waals surface area (Å²) in [4.78, 5) is 0. The molecule has 0 spiro atoms. The Morgan fingerprint density at radius 2 is 1.93 bits per heavy atom. The second-order valence-electron chi connectivity index (χ2n) is 4.29. The fourth-order valence-electron chi connectivity index (χ4n) is 1.62. The van der Waals surface area contributed by atoms with Crippen LogP contribution in [0.5, 0.6) is 5.75 Å². The minimum Gasteiger partial charge on any atom is -0.496 e.